The van der Waals surface area contributed by atoms with Crippen LogP contribution in [0.3, 0.4) is 0 Å². The van der Waals surface area contributed by atoms with Gasteiger partial charge in [-0.2, -0.15) is 0 Å². The van der Waals surface area contributed by atoms with Gasteiger partial charge in [-0.15, -0.1) is 0 Å². The fourth-order valence-electron chi connectivity index (χ4n) is 4.10. The van der Waals surface area contributed by atoms with Crippen LogP contribution in [0.1, 0.15) is 61.7 Å². The third-order valence-electron chi connectivity index (χ3n) is 5.45. The summed E-state index contributed by atoms with van der Waals surface area (Å²) < 4.78 is 33.4. The van der Waals surface area contributed by atoms with Crippen LogP contribution in [0.25, 0.3) is 0 Å². The summed E-state index contributed by atoms with van der Waals surface area (Å²) >= 11 is 6.17. The molecule has 2 aliphatic carbocycles. The average molecular weight is 388 g/mol. The van der Waals surface area contributed by atoms with E-state index in [1.165, 1.54) is 38.0 Å². The Morgan fingerprint density at radius 2 is 1.92 bits per heavy atom. The molecule has 1 atom stereocenters. The molecule has 3 rings (SSSR count). The molecule has 1 amide bonds. The standard InChI is InChI=1S/C18H23ClFNO3S/c1-25(23)21-17(22)13-10-14(19)16(11-15(13)20)24-12-4-8-18(9-5-12)6-2-3-7-18/h10-12H,2-9H2,1H3,(H,21,22). The van der Waals surface area contributed by atoms with Gasteiger partial charge in [-0.25, -0.2) is 8.60 Å². The van der Waals surface area contributed by atoms with Gasteiger partial charge >= 0.3 is 0 Å². The number of amides is 1. The Hall–Kier alpha value is -1.14. The van der Waals surface area contributed by atoms with E-state index in [1.54, 1.807) is 0 Å². The Morgan fingerprint density at radius 1 is 1.28 bits per heavy atom. The second kappa shape index (κ2) is 7.62. The first-order valence-corrected chi connectivity index (χ1v) is 10.6. The predicted octanol–water partition coefficient (Wildman–Crippen LogP) is 4.38. The van der Waals surface area contributed by atoms with Gasteiger partial charge in [0.25, 0.3) is 5.91 Å². The number of carbonyl (C=O) groups is 1. The van der Waals surface area contributed by atoms with Gasteiger partial charge in [0, 0.05) is 12.3 Å². The summed E-state index contributed by atoms with van der Waals surface area (Å²) in [6.45, 7) is 0. The van der Waals surface area contributed by atoms with Crippen molar-refractivity contribution in [2.24, 2.45) is 5.41 Å². The molecule has 0 radical (unpaired) electrons. The van der Waals surface area contributed by atoms with Crippen molar-refractivity contribution in [1.29, 1.82) is 0 Å². The van der Waals surface area contributed by atoms with Gasteiger partial charge in [-0.05, 0) is 50.0 Å². The lowest BCUT2D eigenvalue weighted by atomic mass is 9.72. The second-order valence-corrected chi connectivity index (χ2v) is 8.69. The van der Waals surface area contributed by atoms with E-state index in [0.717, 1.165) is 31.7 Å². The van der Waals surface area contributed by atoms with Crippen LogP contribution in [-0.4, -0.2) is 22.5 Å². The molecule has 7 heteroatoms. The number of benzene rings is 1. The molecule has 1 spiro atoms. The molecular weight excluding hydrogens is 365 g/mol. The Kier molecular flexibility index (Phi) is 5.68. The number of hydrogen-bond acceptors (Lipinski definition) is 3. The molecule has 25 heavy (non-hydrogen) atoms. The Bertz CT molecular complexity index is 681. The molecular formula is C18H23ClFNO3S. The zero-order valence-electron chi connectivity index (χ0n) is 14.3. The third-order valence-corrected chi connectivity index (χ3v) is 6.22. The molecule has 1 aromatic carbocycles. The first-order valence-electron chi connectivity index (χ1n) is 8.69. The molecule has 1 unspecified atom stereocenters. The zero-order chi connectivity index (χ0) is 18.0. The average Bonchev–Trinajstić information content (AvgIpc) is 3.00. The molecule has 2 saturated carbocycles. The molecule has 0 bridgehead atoms. The van der Waals surface area contributed by atoms with E-state index in [9.17, 15) is 13.4 Å². The number of ether oxygens (including phenoxy) is 1. The SMILES string of the molecule is CS(=O)NC(=O)c1cc(Cl)c(OC2CCC3(CCCC3)CC2)cc1F. The van der Waals surface area contributed by atoms with Gasteiger partial charge in [0.1, 0.15) is 22.6 Å². The van der Waals surface area contributed by atoms with Crippen LogP contribution in [-0.2, 0) is 11.0 Å². The normalized spacial score (nSPS) is 21.2. The molecule has 0 saturated heterocycles. The number of nitrogens with one attached hydrogen (secondary N) is 1. The van der Waals surface area contributed by atoms with Crippen LogP contribution < -0.4 is 9.46 Å². The van der Waals surface area contributed by atoms with Crippen LogP contribution in [0.5, 0.6) is 5.75 Å². The van der Waals surface area contributed by atoms with E-state index in [-0.39, 0.29) is 22.4 Å². The maximum absolute atomic E-state index is 14.2. The van der Waals surface area contributed by atoms with Gasteiger partial charge in [0.05, 0.1) is 16.7 Å². The summed E-state index contributed by atoms with van der Waals surface area (Å²) in [6.07, 6.45) is 10.8. The first kappa shape index (κ1) is 18.6. The van der Waals surface area contributed by atoms with Crippen molar-refractivity contribution in [3.63, 3.8) is 0 Å². The number of rotatable bonds is 4. The van der Waals surface area contributed by atoms with Crippen LogP contribution >= 0.6 is 11.6 Å². The summed E-state index contributed by atoms with van der Waals surface area (Å²) in [4.78, 5) is 11.8. The molecule has 0 aliphatic heterocycles. The highest BCUT2D eigenvalue weighted by Crippen LogP contribution is 2.49. The molecule has 4 nitrogen and oxygen atoms in total. The van der Waals surface area contributed by atoms with Crippen molar-refractivity contribution < 1.29 is 18.1 Å². The molecule has 0 aromatic heterocycles. The fourth-order valence-corrected chi connectivity index (χ4v) is 4.68. The maximum Gasteiger partial charge on any atom is 0.265 e. The van der Waals surface area contributed by atoms with Crippen molar-refractivity contribution in [2.45, 2.75) is 57.5 Å². The van der Waals surface area contributed by atoms with E-state index < -0.39 is 22.7 Å². The van der Waals surface area contributed by atoms with Crippen molar-refractivity contribution in [2.75, 3.05) is 6.26 Å². The topological polar surface area (TPSA) is 55.4 Å². The maximum atomic E-state index is 14.2. The fraction of sp³-hybridized carbons (Fsp3) is 0.611. The lowest BCUT2D eigenvalue weighted by Gasteiger charge is -2.37. The smallest absolute Gasteiger partial charge is 0.265 e. The highest BCUT2D eigenvalue weighted by atomic mass is 35.5. The van der Waals surface area contributed by atoms with Crippen molar-refractivity contribution in [3.8, 4) is 5.75 Å². The van der Waals surface area contributed by atoms with Crippen molar-refractivity contribution >= 4 is 28.5 Å². The largest absolute Gasteiger partial charge is 0.489 e. The monoisotopic (exact) mass is 387 g/mol. The van der Waals surface area contributed by atoms with E-state index in [2.05, 4.69) is 4.72 Å². The molecule has 1 N–H and O–H groups in total. The van der Waals surface area contributed by atoms with Gasteiger partial charge in [0.15, 0.2) is 0 Å². The number of carbonyl (C=O) groups excluding carboxylic acids is 1. The lowest BCUT2D eigenvalue weighted by molar-refractivity contribution is 0.0822. The molecule has 2 aliphatic rings. The third kappa shape index (κ3) is 4.34. The number of halogens is 2. The number of hydrogen-bond donors (Lipinski definition) is 1. The molecule has 138 valence electrons. The summed E-state index contributed by atoms with van der Waals surface area (Å²) in [5, 5.41) is 0.189. The Labute approximate surface area is 155 Å². The quantitative estimate of drug-likeness (QED) is 0.833. The summed E-state index contributed by atoms with van der Waals surface area (Å²) in [7, 11) is -1.57. The van der Waals surface area contributed by atoms with Gasteiger partial charge in [-0.1, -0.05) is 24.4 Å². The summed E-state index contributed by atoms with van der Waals surface area (Å²) in [6, 6.07) is 2.38. The van der Waals surface area contributed by atoms with E-state index >= 15 is 0 Å². The van der Waals surface area contributed by atoms with Crippen LogP contribution in [0, 0.1) is 11.2 Å². The highest BCUT2D eigenvalue weighted by molar-refractivity contribution is 7.82. The molecule has 1 aromatic rings. The van der Waals surface area contributed by atoms with Gasteiger partial charge in [-0.3, -0.25) is 9.52 Å². The highest BCUT2D eigenvalue weighted by Gasteiger charge is 2.38. The minimum atomic E-state index is -1.57. The molecule has 0 heterocycles. The van der Waals surface area contributed by atoms with Gasteiger partial charge < -0.3 is 4.74 Å². The summed E-state index contributed by atoms with van der Waals surface area (Å²) in [5.74, 6) is -1.22. The minimum absolute atomic E-state index is 0.0333. The Morgan fingerprint density at radius 3 is 2.52 bits per heavy atom. The molecule has 2 fully saturated rings. The van der Waals surface area contributed by atoms with Crippen LogP contribution in [0.4, 0.5) is 4.39 Å². The van der Waals surface area contributed by atoms with Crippen molar-refractivity contribution in [3.05, 3.63) is 28.5 Å². The zero-order valence-corrected chi connectivity index (χ0v) is 15.9. The predicted molar refractivity (Wildman–Crippen MR) is 96.7 cm³/mol. The Balaban J connectivity index is 1.66. The van der Waals surface area contributed by atoms with Crippen LogP contribution in [0.2, 0.25) is 5.02 Å². The first-order chi connectivity index (χ1) is 11.9. The van der Waals surface area contributed by atoms with Gasteiger partial charge in [0.2, 0.25) is 0 Å². The van der Waals surface area contributed by atoms with E-state index in [1.807, 2.05) is 0 Å². The minimum Gasteiger partial charge on any atom is -0.489 e. The van der Waals surface area contributed by atoms with E-state index in [4.69, 9.17) is 16.3 Å². The lowest BCUT2D eigenvalue weighted by Crippen LogP contribution is -2.30. The van der Waals surface area contributed by atoms with E-state index in [0.29, 0.717) is 5.41 Å². The van der Waals surface area contributed by atoms with Crippen LogP contribution in [0.15, 0.2) is 12.1 Å². The second-order valence-electron chi connectivity index (χ2n) is 7.17. The van der Waals surface area contributed by atoms with Crippen molar-refractivity contribution in [1.82, 2.24) is 4.72 Å². The summed E-state index contributed by atoms with van der Waals surface area (Å²) in [5.41, 5.74) is 0.272.